The average Bonchev–Trinajstić information content (AvgIpc) is 3.05. The summed E-state index contributed by atoms with van der Waals surface area (Å²) in [5.74, 6) is 0.591. The van der Waals surface area contributed by atoms with Crippen molar-refractivity contribution in [1.29, 1.82) is 0 Å². The van der Waals surface area contributed by atoms with E-state index in [9.17, 15) is 9.59 Å². The van der Waals surface area contributed by atoms with Gasteiger partial charge in [-0.15, -0.1) is 11.3 Å². The van der Waals surface area contributed by atoms with Gasteiger partial charge in [0, 0.05) is 32.0 Å². The van der Waals surface area contributed by atoms with E-state index in [0.717, 1.165) is 24.5 Å². The topological polar surface area (TPSA) is 49.4 Å². The molecule has 1 aliphatic rings. The number of hydrogen-bond acceptors (Lipinski definition) is 4. The molecule has 1 fully saturated rings. The largest absolute Gasteiger partial charge is 0.356 e. The van der Waals surface area contributed by atoms with Crippen LogP contribution in [0.4, 0.5) is 0 Å². The molecular formula is C17H26N2O2S. The Balaban J connectivity index is 1.66. The Morgan fingerprint density at radius 3 is 2.91 bits per heavy atom. The summed E-state index contributed by atoms with van der Waals surface area (Å²) < 4.78 is 0. The van der Waals surface area contributed by atoms with Gasteiger partial charge in [0.1, 0.15) is 0 Å². The number of Topliss-reactive ketones (excluding diaryl/α,β-unsaturated/α-hetero) is 1. The zero-order valence-electron chi connectivity index (χ0n) is 13.5. The van der Waals surface area contributed by atoms with E-state index in [1.165, 1.54) is 24.2 Å². The lowest BCUT2D eigenvalue weighted by Crippen LogP contribution is -2.43. The Bertz CT molecular complexity index is 485. The number of nitrogens with one attached hydrogen (secondary N) is 1. The van der Waals surface area contributed by atoms with Gasteiger partial charge in [-0.3, -0.25) is 9.59 Å². The summed E-state index contributed by atoms with van der Waals surface area (Å²) in [5, 5.41) is 4.88. The molecule has 1 atom stereocenters. The van der Waals surface area contributed by atoms with Crippen LogP contribution in [0.25, 0.3) is 0 Å². The maximum absolute atomic E-state index is 11.9. The minimum Gasteiger partial charge on any atom is -0.356 e. The minimum absolute atomic E-state index is 0.00780. The van der Waals surface area contributed by atoms with E-state index in [4.69, 9.17) is 0 Å². The minimum atomic E-state index is -0.00780. The number of hydrogen-bond donors (Lipinski definition) is 1. The van der Waals surface area contributed by atoms with E-state index in [0.29, 0.717) is 18.4 Å². The second-order valence-electron chi connectivity index (χ2n) is 6.30. The second-order valence-corrected chi connectivity index (χ2v) is 7.25. The first-order valence-corrected chi connectivity index (χ1v) is 9.01. The zero-order valence-corrected chi connectivity index (χ0v) is 14.3. The third kappa shape index (κ3) is 5.21. The van der Waals surface area contributed by atoms with Crippen LogP contribution >= 0.6 is 11.3 Å². The van der Waals surface area contributed by atoms with Gasteiger partial charge in [-0.05, 0) is 50.6 Å². The maximum Gasteiger partial charge on any atom is 0.220 e. The smallest absolute Gasteiger partial charge is 0.220 e. The lowest BCUT2D eigenvalue weighted by molar-refractivity contribution is -0.121. The monoisotopic (exact) mass is 322 g/mol. The van der Waals surface area contributed by atoms with E-state index in [-0.39, 0.29) is 18.1 Å². The Morgan fingerprint density at radius 1 is 1.41 bits per heavy atom. The molecule has 0 unspecified atom stereocenters. The highest BCUT2D eigenvalue weighted by molar-refractivity contribution is 7.12. The van der Waals surface area contributed by atoms with Crippen molar-refractivity contribution >= 4 is 23.0 Å². The Labute approximate surface area is 136 Å². The van der Waals surface area contributed by atoms with Crippen LogP contribution in [0.3, 0.4) is 0 Å². The van der Waals surface area contributed by atoms with Gasteiger partial charge in [0.15, 0.2) is 5.78 Å². The number of nitrogens with zero attached hydrogens (tertiary/aromatic N) is 1. The fourth-order valence-corrected chi connectivity index (χ4v) is 3.56. The average molecular weight is 322 g/mol. The van der Waals surface area contributed by atoms with Gasteiger partial charge in [-0.1, -0.05) is 6.07 Å². The first-order valence-electron chi connectivity index (χ1n) is 8.13. The van der Waals surface area contributed by atoms with Crippen LogP contribution in [0, 0.1) is 5.92 Å². The number of carbonyl (C=O) groups excluding carboxylic acids is 2. The van der Waals surface area contributed by atoms with Crippen LogP contribution in [-0.2, 0) is 4.79 Å². The number of thiophene rings is 1. The molecule has 0 radical (unpaired) electrons. The summed E-state index contributed by atoms with van der Waals surface area (Å²) in [6, 6.07) is 4.25. The molecule has 1 aliphatic heterocycles. The molecule has 2 heterocycles. The summed E-state index contributed by atoms with van der Waals surface area (Å²) in [7, 11) is 0. The number of likely N-dealkylation sites (tertiary alicyclic amines) is 1. The van der Waals surface area contributed by atoms with Crippen LogP contribution < -0.4 is 5.32 Å². The molecule has 5 heteroatoms. The molecule has 122 valence electrons. The van der Waals surface area contributed by atoms with Crippen molar-refractivity contribution in [2.75, 3.05) is 19.6 Å². The molecule has 1 aromatic rings. The van der Waals surface area contributed by atoms with Crippen LogP contribution in [0.5, 0.6) is 0 Å². The third-order valence-electron chi connectivity index (χ3n) is 4.24. The van der Waals surface area contributed by atoms with Crippen molar-refractivity contribution in [3.05, 3.63) is 22.4 Å². The molecule has 0 bridgehead atoms. The van der Waals surface area contributed by atoms with Crippen LogP contribution in [0.1, 0.15) is 49.2 Å². The molecule has 2 rings (SSSR count). The van der Waals surface area contributed by atoms with Crippen LogP contribution in [0.15, 0.2) is 17.5 Å². The summed E-state index contributed by atoms with van der Waals surface area (Å²) in [5.41, 5.74) is 0. The molecule has 0 saturated carbocycles. The Kier molecular flexibility index (Phi) is 6.58. The highest BCUT2D eigenvalue weighted by atomic mass is 32.1. The summed E-state index contributed by atoms with van der Waals surface area (Å²) in [6.45, 7) is 7.40. The van der Waals surface area contributed by atoms with Crippen molar-refractivity contribution < 1.29 is 9.59 Å². The van der Waals surface area contributed by atoms with Gasteiger partial charge >= 0.3 is 0 Å². The second kappa shape index (κ2) is 8.44. The van der Waals surface area contributed by atoms with Crippen molar-refractivity contribution in [3.8, 4) is 0 Å². The highest BCUT2D eigenvalue weighted by Gasteiger charge is 2.22. The fourth-order valence-electron chi connectivity index (χ4n) is 2.87. The molecule has 1 N–H and O–H groups in total. The predicted molar refractivity (Wildman–Crippen MR) is 90.3 cm³/mol. The summed E-state index contributed by atoms with van der Waals surface area (Å²) >= 11 is 1.43. The van der Waals surface area contributed by atoms with Gasteiger partial charge in [0.2, 0.25) is 5.91 Å². The van der Waals surface area contributed by atoms with E-state index < -0.39 is 0 Å². The molecular weight excluding hydrogens is 296 g/mol. The first kappa shape index (κ1) is 17.2. The number of ketones is 1. The number of amides is 1. The van der Waals surface area contributed by atoms with Gasteiger partial charge < -0.3 is 10.2 Å². The van der Waals surface area contributed by atoms with Crippen LogP contribution in [0.2, 0.25) is 0 Å². The fraction of sp³-hybridized carbons (Fsp3) is 0.647. The molecule has 0 aromatic carbocycles. The van der Waals surface area contributed by atoms with Crippen molar-refractivity contribution in [1.82, 2.24) is 10.2 Å². The zero-order chi connectivity index (χ0) is 15.9. The van der Waals surface area contributed by atoms with E-state index in [2.05, 4.69) is 24.1 Å². The molecule has 22 heavy (non-hydrogen) atoms. The van der Waals surface area contributed by atoms with Crippen molar-refractivity contribution in [2.45, 2.75) is 45.6 Å². The van der Waals surface area contributed by atoms with Crippen molar-refractivity contribution in [3.63, 3.8) is 0 Å². The molecule has 0 aliphatic carbocycles. The van der Waals surface area contributed by atoms with Gasteiger partial charge in [-0.2, -0.15) is 0 Å². The summed E-state index contributed by atoms with van der Waals surface area (Å²) in [6.07, 6.45) is 2.97. The molecule has 1 saturated heterocycles. The van der Waals surface area contributed by atoms with Crippen LogP contribution in [-0.4, -0.2) is 42.3 Å². The number of carbonyl (C=O) groups is 2. The maximum atomic E-state index is 11.9. The molecule has 1 aromatic heterocycles. The Morgan fingerprint density at radius 2 is 2.23 bits per heavy atom. The lowest BCUT2D eigenvalue weighted by Gasteiger charge is -2.35. The third-order valence-corrected chi connectivity index (χ3v) is 5.15. The Hall–Kier alpha value is -1.20. The van der Waals surface area contributed by atoms with E-state index in [1.54, 1.807) is 0 Å². The van der Waals surface area contributed by atoms with Gasteiger partial charge in [0.05, 0.1) is 4.88 Å². The van der Waals surface area contributed by atoms with E-state index >= 15 is 0 Å². The normalized spacial score (nSPS) is 19.3. The highest BCUT2D eigenvalue weighted by Crippen LogP contribution is 2.18. The van der Waals surface area contributed by atoms with Gasteiger partial charge in [-0.25, -0.2) is 0 Å². The summed E-state index contributed by atoms with van der Waals surface area (Å²) in [4.78, 5) is 27.0. The molecule has 1 amide bonds. The lowest BCUT2D eigenvalue weighted by atomic mass is 9.97. The SMILES string of the molecule is CC(C)N1CCC[C@@H](CNC(=O)CCC(=O)c2cccs2)C1. The number of rotatable bonds is 7. The number of piperidine rings is 1. The van der Waals surface area contributed by atoms with E-state index in [1.807, 2.05) is 17.5 Å². The standard InChI is InChI=1S/C17H26N2O2S/c1-13(2)19-9-3-5-14(12-19)11-18-17(21)8-7-15(20)16-6-4-10-22-16/h4,6,10,13-14H,3,5,7-9,11-12H2,1-2H3,(H,18,21)/t14-/m0/s1. The first-order chi connectivity index (χ1) is 10.6. The van der Waals surface area contributed by atoms with Crippen molar-refractivity contribution in [2.24, 2.45) is 5.92 Å². The predicted octanol–water partition coefficient (Wildman–Crippen LogP) is 2.95. The van der Waals surface area contributed by atoms with Gasteiger partial charge in [0.25, 0.3) is 0 Å². The molecule has 4 nitrogen and oxygen atoms in total. The molecule has 0 spiro atoms. The quantitative estimate of drug-likeness (QED) is 0.785.